The van der Waals surface area contributed by atoms with Crippen molar-refractivity contribution in [2.75, 3.05) is 20.2 Å². The Morgan fingerprint density at radius 2 is 2.56 bits per heavy atom. The van der Waals surface area contributed by atoms with E-state index < -0.39 is 6.09 Å². The van der Waals surface area contributed by atoms with Gasteiger partial charge in [0.25, 0.3) is 0 Å². The van der Waals surface area contributed by atoms with Crippen LogP contribution < -0.4 is 5.32 Å². The van der Waals surface area contributed by atoms with Gasteiger partial charge in [-0.15, -0.1) is 0 Å². The molecule has 0 bridgehead atoms. The Bertz CT molecular complexity index is 127. The molecule has 0 radical (unpaired) electrons. The van der Waals surface area contributed by atoms with Gasteiger partial charge in [-0.05, 0) is 0 Å². The molecule has 0 aromatic rings. The molecule has 9 heavy (non-hydrogen) atoms. The van der Waals surface area contributed by atoms with Crippen LogP contribution in [0.4, 0.5) is 4.79 Å². The van der Waals surface area contributed by atoms with Crippen molar-refractivity contribution >= 4 is 6.09 Å². The molecule has 0 aliphatic heterocycles. The number of alkyl carbamates (subject to hydrolysis) is 1. The number of amides is 1. The van der Waals surface area contributed by atoms with Gasteiger partial charge in [0.2, 0.25) is 6.54 Å². The van der Waals surface area contributed by atoms with Crippen LogP contribution in [0.2, 0.25) is 0 Å². The zero-order chi connectivity index (χ0) is 7.11. The predicted molar refractivity (Wildman–Crippen MR) is 31.9 cm³/mol. The minimum absolute atomic E-state index is 0.301. The number of hydrogen-bond acceptors (Lipinski definition) is 2. The lowest BCUT2D eigenvalue weighted by molar-refractivity contribution is 0.171. The Kier molecular flexibility index (Phi) is 4.23. The van der Waals surface area contributed by atoms with E-state index >= 15 is 0 Å². The first-order valence-corrected chi connectivity index (χ1v) is 2.46. The quantitative estimate of drug-likeness (QED) is 0.428. The summed E-state index contributed by atoms with van der Waals surface area (Å²) in [4.78, 5) is 13.3. The number of hydrogen-bond donors (Lipinski definition) is 1. The molecule has 4 nitrogen and oxygen atoms in total. The highest BCUT2D eigenvalue weighted by molar-refractivity contribution is 5.66. The van der Waals surface area contributed by atoms with Gasteiger partial charge in [-0.3, -0.25) is 0 Å². The molecule has 0 heterocycles. The van der Waals surface area contributed by atoms with Gasteiger partial charge in [-0.2, -0.15) is 0 Å². The number of carbonyl (C=O) groups excluding carboxylic acids is 1. The molecule has 0 spiro atoms. The average Bonchev–Trinajstić information content (AvgIpc) is 1.89. The Morgan fingerprint density at radius 3 is 3.00 bits per heavy atom. The normalized spacial score (nSPS) is 7.56. The second-order valence-corrected chi connectivity index (χ2v) is 1.30. The van der Waals surface area contributed by atoms with E-state index in [1.54, 1.807) is 0 Å². The summed E-state index contributed by atoms with van der Waals surface area (Å²) in [7, 11) is 1.28. The number of methoxy groups -OCH3 is 1. The number of nitrogens with one attached hydrogen (secondary N) is 1. The Labute approximate surface area is 53.6 Å². The zero-order valence-corrected chi connectivity index (χ0v) is 5.18. The van der Waals surface area contributed by atoms with Gasteiger partial charge in [0, 0.05) is 0 Å². The summed E-state index contributed by atoms with van der Waals surface area (Å²) in [6.07, 6.45) is -0.487. The SMILES string of the molecule is [C-]#[N+]CCNC(=O)OC. The first-order chi connectivity index (χ1) is 4.31. The van der Waals surface area contributed by atoms with E-state index in [1.165, 1.54) is 7.11 Å². The third-order valence-electron chi connectivity index (χ3n) is 0.678. The largest absolute Gasteiger partial charge is 0.453 e. The topological polar surface area (TPSA) is 42.7 Å². The molecule has 0 atom stereocenters. The summed E-state index contributed by atoms with van der Waals surface area (Å²) < 4.78 is 4.24. The van der Waals surface area contributed by atoms with E-state index in [-0.39, 0.29) is 0 Å². The molecule has 0 aliphatic carbocycles. The first kappa shape index (κ1) is 7.76. The lowest BCUT2D eigenvalue weighted by Gasteiger charge is -1.96. The summed E-state index contributed by atoms with van der Waals surface area (Å²) in [5.74, 6) is 0. The Hall–Kier alpha value is -1.24. The predicted octanol–water partition coefficient (Wildman–Crippen LogP) is 0.262. The smallest absolute Gasteiger partial charge is 0.407 e. The highest BCUT2D eigenvalue weighted by atomic mass is 16.5. The molecule has 0 aliphatic rings. The number of ether oxygens (including phenoxy) is 1. The minimum atomic E-state index is -0.487. The second kappa shape index (κ2) is 4.91. The maximum Gasteiger partial charge on any atom is 0.407 e. The second-order valence-electron chi connectivity index (χ2n) is 1.30. The van der Waals surface area contributed by atoms with E-state index in [9.17, 15) is 4.79 Å². The van der Waals surface area contributed by atoms with Crippen LogP contribution in [0.5, 0.6) is 0 Å². The van der Waals surface area contributed by atoms with Gasteiger partial charge >= 0.3 is 6.09 Å². The van der Waals surface area contributed by atoms with Crippen LogP contribution in [0.25, 0.3) is 4.85 Å². The van der Waals surface area contributed by atoms with Crippen molar-refractivity contribution in [2.24, 2.45) is 0 Å². The van der Waals surface area contributed by atoms with Crippen LogP contribution in [0, 0.1) is 6.57 Å². The number of rotatable bonds is 2. The third-order valence-corrected chi connectivity index (χ3v) is 0.678. The number of carbonyl (C=O) groups is 1. The highest BCUT2D eigenvalue weighted by Crippen LogP contribution is 1.70. The standard InChI is InChI=1S/C5H8N2O2/c1-6-3-4-7-5(8)9-2/h3-4H2,2H3,(H,7,8). The van der Waals surface area contributed by atoms with Crippen molar-refractivity contribution in [2.45, 2.75) is 0 Å². The van der Waals surface area contributed by atoms with Crippen LogP contribution in [0.15, 0.2) is 0 Å². The zero-order valence-electron chi connectivity index (χ0n) is 5.18. The van der Waals surface area contributed by atoms with Crippen LogP contribution in [-0.4, -0.2) is 26.3 Å². The monoisotopic (exact) mass is 128 g/mol. The van der Waals surface area contributed by atoms with Gasteiger partial charge in [0.15, 0.2) is 0 Å². The van der Waals surface area contributed by atoms with Crippen LogP contribution in [0.1, 0.15) is 0 Å². The fourth-order valence-corrected chi connectivity index (χ4v) is 0.286. The maximum atomic E-state index is 10.3. The fourth-order valence-electron chi connectivity index (χ4n) is 0.286. The molecule has 0 fully saturated rings. The van der Waals surface area contributed by atoms with E-state index in [0.717, 1.165) is 0 Å². The summed E-state index contributed by atoms with van der Waals surface area (Å²) in [6, 6.07) is 0. The molecular weight excluding hydrogens is 120 g/mol. The summed E-state index contributed by atoms with van der Waals surface area (Å²) in [6.45, 7) is 6.99. The molecule has 0 aromatic carbocycles. The highest BCUT2D eigenvalue weighted by Gasteiger charge is 1.95. The van der Waals surface area contributed by atoms with Crippen molar-refractivity contribution in [3.05, 3.63) is 11.4 Å². The van der Waals surface area contributed by atoms with Gasteiger partial charge in [-0.25, -0.2) is 11.4 Å². The molecule has 4 heteroatoms. The summed E-state index contributed by atoms with van der Waals surface area (Å²) in [5, 5.41) is 2.36. The van der Waals surface area contributed by atoms with E-state index in [2.05, 4.69) is 14.9 Å². The van der Waals surface area contributed by atoms with Gasteiger partial charge in [0.05, 0.1) is 13.7 Å². The van der Waals surface area contributed by atoms with Gasteiger partial charge < -0.3 is 14.9 Å². The lowest BCUT2D eigenvalue weighted by atomic mass is 10.6. The molecular formula is C5H8N2O2. The van der Waals surface area contributed by atoms with Crippen molar-refractivity contribution in [3.63, 3.8) is 0 Å². The molecule has 1 N–H and O–H groups in total. The molecule has 0 saturated heterocycles. The van der Waals surface area contributed by atoms with E-state index in [4.69, 9.17) is 6.57 Å². The van der Waals surface area contributed by atoms with Crippen molar-refractivity contribution in [1.29, 1.82) is 0 Å². The van der Waals surface area contributed by atoms with Crippen LogP contribution >= 0.6 is 0 Å². The van der Waals surface area contributed by atoms with Crippen molar-refractivity contribution in [3.8, 4) is 0 Å². The fraction of sp³-hybridized carbons (Fsp3) is 0.600. The first-order valence-electron chi connectivity index (χ1n) is 2.46. The minimum Gasteiger partial charge on any atom is -0.453 e. The molecule has 0 aromatic heterocycles. The Balaban J connectivity index is 3.09. The summed E-state index contributed by atoms with van der Waals surface area (Å²) >= 11 is 0. The van der Waals surface area contributed by atoms with Crippen LogP contribution in [0.3, 0.4) is 0 Å². The van der Waals surface area contributed by atoms with Crippen molar-refractivity contribution in [1.82, 2.24) is 5.32 Å². The van der Waals surface area contributed by atoms with Crippen LogP contribution in [-0.2, 0) is 4.74 Å². The van der Waals surface area contributed by atoms with Gasteiger partial charge in [-0.1, -0.05) is 0 Å². The molecule has 1 amide bonds. The average molecular weight is 128 g/mol. The Morgan fingerprint density at radius 1 is 1.89 bits per heavy atom. The third kappa shape index (κ3) is 4.62. The van der Waals surface area contributed by atoms with Gasteiger partial charge in [0.1, 0.15) is 0 Å². The number of nitrogens with zero attached hydrogens (tertiary/aromatic N) is 1. The summed E-state index contributed by atoms with van der Waals surface area (Å²) in [5.41, 5.74) is 0. The lowest BCUT2D eigenvalue weighted by Crippen LogP contribution is -2.25. The van der Waals surface area contributed by atoms with E-state index in [1.807, 2.05) is 0 Å². The van der Waals surface area contributed by atoms with Crippen molar-refractivity contribution < 1.29 is 9.53 Å². The molecule has 50 valence electrons. The molecule has 0 rings (SSSR count). The maximum absolute atomic E-state index is 10.3. The molecule has 0 saturated carbocycles. The van der Waals surface area contributed by atoms with E-state index in [0.29, 0.717) is 13.1 Å². The molecule has 0 unspecified atom stereocenters.